The second-order valence-corrected chi connectivity index (χ2v) is 8.52. The quantitative estimate of drug-likeness (QED) is 0.415. The van der Waals surface area contributed by atoms with Crippen molar-refractivity contribution in [1.82, 2.24) is 9.55 Å². The van der Waals surface area contributed by atoms with E-state index in [1.165, 1.54) is 30.0 Å². The summed E-state index contributed by atoms with van der Waals surface area (Å²) in [7, 11) is 1.40. The molecule has 1 aliphatic rings. The van der Waals surface area contributed by atoms with Gasteiger partial charge < -0.3 is 29.7 Å². The highest BCUT2D eigenvalue weighted by molar-refractivity contribution is 6.05. The van der Waals surface area contributed by atoms with Crippen molar-refractivity contribution in [2.45, 2.75) is 6.54 Å². The number of nitrogens with one attached hydrogen (secondary N) is 1. The van der Waals surface area contributed by atoms with E-state index >= 15 is 0 Å². The van der Waals surface area contributed by atoms with E-state index in [1.54, 1.807) is 18.2 Å². The third-order valence-electron chi connectivity index (χ3n) is 6.25. The van der Waals surface area contributed by atoms with Gasteiger partial charge in [0.2, 0.25) is 11.3 Å². The maximum Gasteiger partial charge on any atom is 0.261 e. The topological polar surface area (TPSA) is 117 Å². The molecule has 11 heteroatoms. The summed E-state index contributed by atoms with van der Waals surface area (Å²) in [6.45, 7) is 2.62. The highest BCUT2D eigenvalue weighted by Gasteiger charge is 2.20. The molecule has 0 aliphatic carbocycles. The number of benzene rings is 2. The van der Waals surface area contributed by atoms with Gasteiger partial charge in [-0.3, -0.25) is 9.59 Å². The van der Waals surface area contributed by atoms with Gasteiger partial charge in [-0.05, 0) is 42.5 Å². The van der Waals surface area contributed by atoms with Gasteiger partial charge in [-0.15, -0.1) is 0 Å². The van der Waals surface area contributed by atoms with E-state index in [1.807, 2.05) is 12.1 Å². The number of halogens is 2. The van der Waals surface area contributed by atoms with Crippen LogP contribution in [-0.2, 0) is 11.3 Å². The van der Waals surface area contributed by atoms with Crippen molar-refractivity contribution in [2.24, 2.45) is 0 Å². The van der Waals surface area contributed by atoms with Crippen LogP contribution in [0.15, 0.2) is 65.6 Å². The minimum absolute atomic E-state index is 0. The van der Waals surface area contributed by atoms with Crippen molar-refractivity contribution in [2.75, 3.05) is 43.6 Å². The van der Waals surface area contributed by atoms with Crippen LogP contribution in [0.4, 0.5) is 20.2 Å². The zero-order valence-electron chi connectivity index (χ0n) is 20.5. The Bertz CT molecular complexity index is 1500. The standard InChI is InChI=1S/C27H24F2N4O4.H2O/c1-36-24-10-9-23-25(31-24)26(34)20(16-33(23)15-19-21(28)3-2-4-22(19)29)27(35)30-17-5-7-18(8-6-17)32-11-13-37-14-12-32;/h2-10,16H,11-15H2,1H3,(H,30,35);1H2. The van der Waals surface area contributed by atoms with Gasteiger partial charge >= 0.3 is 0 Å². The summed E-state index contributed by atoms with van der Waals surface area (Å²) in [6.07, 6.45) is 1.29. The molecule has 0 spiro atoms. The Kier molecular flexibility index (Phi) is 7.99. The van der Waals surface area contributed by atoms with Gasteiger partial charge in [0, 0.05) is 42.3 Å². The number of amides is 1. The van der Waals surface area contributed by atoms with Gasteiger partial charge in [0.15, 0.2) is 0 Å². The first-order valence-corrected chi connectivity index (χ1v) is 11.7. The Morgan fingerprint density at radius 1 is 1.05 bits per heavy atom. The molecule has 1 saturated heterocycles. The van der Waals surface area contributed by atoms with Crippen molar-refractivity contribution in [3.05, 3.63) is 93.8 Å². The number of carbonyl (C=O) groups excluding carboxylic acids is 1. The van der Waals surface area contributed by atoms with Crippen LogP contribution < -0.4 is 20.4 Å². The molecule has 1 amide bonds. The third kappa shape index (κ3) is 5.34. The number of hydrogen-bond donors (Lipinski definition) is 1. The smallest absolute Gasteiger partial charge is 0.261 e. The zero-order chi connectivity index (χ0) is 25.9. The molecule has 1 fully saturated rings. The molecular weight excluding hydrogens is 498 g/mol. The normalized spacial score (nSPS) is 13.2. The highest BCUT2D eigenvalue weighted by atomic mass is 19.1. The Hall–Kier alpha value is -4.35. The molecule has 2 aromatic heterocycles. The fourth-order valence-electron chi connectivity index (χ4n) is 4.28. The van der Waals surface area contributed by atoms with Gasteiger partial charge in [-0.1, -0.05) is 6.07 Å². The number of carbonyl (C=O) groups is 1. The van der Waals surface area contributed by atoms with E-state index < -0.39 is 23.0 Å². The van der Waals surface area contributed by atoms with E-state index in [2.05, 4.69) is 15.2 Å². The van der Waals surface area contributed by atoms with Crippen LogP contribution in [0.2, 0.25) is 0 Å². The minimum Gasteiger partial charge on any atom is -0.481 e. The molecule has 9 nitrogen and oxygen atoms in total. The lowest BCUT2D eigenvalue weighted by atomic mass is 10.1. The van der Waals surface area contributed by atoms with Crippen molar-refractivity contribution in [1.29, 1.82) is 0 Å². The summed E-state index contributed by atoms with van der Waals surface area (Å²) in [5.74, 6) is -1.97. The number of ether oxygens (including phenoxy) is 2. The number of rotatable bonds is 6. The first-order valence-electron chi connectivity index (χ1n) is 11.7. The van der Waals surface area contributed by atoms with Crippen molar-refractivity contribution in [3.63, 3.8) is 0 Å². The SMILES string of the molecule is COc1ccc2c(n1)c(=O)c(C(=O)Nc1ccc(N3CCOCC3)cc1)cn2Cc1c(F)cccc1F.O. The summed E-state index contributed by atoms with van der Waals surface area (Å²) in [6, 6.07) is 13.9. The van der Waals surface area contributed by atoms with Crippen LogP contribution in [-0.4, -0.2) is 54.3 Å². The zero-order valence-corrected chi connectivity index (χ0v) is 20.5. The number of anilines is 2. The van der Waals surface area contributed by atoms with Gasteiger partial charge in [-0.2, -0.15) is 0 Å². The van der Waals surface area contributed by atoms with Crippen LogP contribution in [0.3, 0.4) is 0 Å². The Morgan fingerprint density at radius 2 is 1.74 bits per heavy atom. The second-order valence-electron chi connectivity index (χ2n) is 8.52. The molecule has 4 aromatic rings. The van der Waals surface area contributed by atoms with Crippen LogP contribution >= 0.6 is 0 Å². The molecule has 5 rings (SSSR count). The number of morpholine rings is 1. The first-order chi connectivity index (χ1) is 17.9. The maximum absolute atomic E-state index is 14.4. The molecule has 3 N–H and O–H groups in total. The number of methoxy groups -OCH3 is 1. The number of aromatic nitrogens is 2. The van der Waals surface area contributed by atoms with Gasteiger partial charge in [-0.25, -0.2) is 13.8 Å². The number of fused-ring (bicyclic) bond motifs is 1. The largest absolute Gasteiger partial charge is 0.481 e. The van der Waals surface area contributed by atoms with Gasteiger partial charge in [0.1, 0.15) is 22.7 Å². The Balaban J connectivity index is 0.00000336. The molecule has 0 bridgehead atoms. The summed E-state index contributed by atoms with van der Waals surface area (Å²) < 4.78 is 40.8. The average Bonchev–Trinajstić information content (AvgIpc) is 2.92. The van der Waals surface area contributed by atoms with E-state index in [-0.39, 0.29) is 34.5 Å². The van der Waals surface area contributed by atoms with E-state index in [0.29, 0.717) is 24.4 Å². The number of hydrogen-bond acceptors (Lipinski definition) is 6. The third-order valence-corrected chi connectivity index (χ3v) is 6.25. The van der Waals surface area contributed by atoms with Crippen LogP contribution in [0, 0.1) is 11.6 Å². The molecule has 2 aromatic carbocycles. The molecular formula is C27H26F2N4O5. The minimum atomic E-state index is -0.736. The van der Waals surface area contributed by atoms with Crippen LogP contribution in [0.1, 0.15) is 15.9 Å². The highest BCUT2D eigenvalue weighted by Crippen LogP contribution is 2.22. The first kappa shape index (κ1) is 26.7. The van der Waals surface area contributed by atoms with E-state index in [0.717, 1.165) is 30.9 Å². The average molecular weight is 525 g/mol. The lowest BCUT2D eigenvalue weighted by Crippen LogP contribution is -2.36. The summed E-state index contributed by atoms with van der Waals surface area (Å²) >= 11 is 0. The Labute approximate surface area is 216 Å². The lowest BCUT2D eigenvalue weighted by molar-refractivity contribution is 0.102. The second kappa shape index (κ2) is 11.4. The Morgan fingerprint density at radius 3 is 2.39 bits per heavy atom. The summed E-state index contributed by atoms with van der Waals surface area (Å²) in [5, 5.41) is 2.73. The fraction of sp³-hybridized carbons (Fsp3) is 0.222. The maximum atomic E-state index is 14.4. The molecule has 38 heavy (non-hydrogen) atoms. The van der Waals surface area contributed by atoms with Gasteiger partial charge in [0.05, 0.1) is 32.4 Å². The molecule has 198 valence electrons. The van der Waals surface area contributed by atoms with Crippen LogP contribution in [0.25, 0.3) is 11.0 Å². The van der Waals surface area contributed by atoms with Crippen molar-refractivity contribution < 1.29 is 28.5 Å². The molecule has 1 aliphatic heterocycles. The molecule has 0 unspecified atom stereocenters. The number of pyridine rings is 2. The monoisotopic (exact) mass is 524 g/mol. The summed E-state index contributed by atoms with van der Waals surface area (Å²) in [4.78, 5) is 32.9. The number of nitrogens with zero attached hydrogens (tertiary/aromatic N) is 3. The van der Waals surface area contributed by atoms with E-state index in [4.69, 9.17) is 9.47 Å². The predicted octanol–water partition coefficient (Wildman–Crippen LogP) is 3.00. The molecule has 0 radical (unpaired) electrons. The molecule has 3 heterocycles. The summed E-state index contributed by atoms with van der Waals surface area (Å²) in [5.41, 5.74) is 0.702. The molecule has 0 atom stereocenters. The molecule has 0 saturated carbocycles. The van der Waals surface area contributed by atoms with E-state index in [9.17, 15) is 18.4 Å². The fourth-order valence-corrected chi connectivity index (χ4v) is 4.28. The van der Waals surface area contributed by atoms with Crippen molar-refractivity contribution >= 4 is 28.3 Å². The lowest BCUT2D eigenvalue weighted by Gasteiger charge is -2.28. The predicted molar refractivity (Wildman–Crippen MR) is 139 cm³/mol. The van der Waals surface area contributed by atoms with Gasteiger partial charge in [0.25, 0.3) is 5.91 Å². The van der Waals surface area contributed by atoms with Crippen molar-refractivity contribution in [3.8, 4) is 5.88 Å². The van der Waals surface area contributed by atoms with Crippen LogP contribution in [0.5, 0.6) is 5.88 Å².